The highest BCUT2D eigenvalue weighted by Gasteiger charge is 2.19. The Kier molecular flexibility index (Phi) is 7.15. The summed E-state index contributed by atoms with van der Waals surface area (Å²) < 4.78 is 18.8. The lowest BCUT2D eigenvalue weighted by atomic mass is 9.98. The minimum absolute atomic E-state index is 0.365. The van der Waals surface area contributed by atoms with E-state index in [9.17, 15) is 0 Å². The van der Waals surface area contributed by atoms with Crippen LogP contribution in [0.25, 0.3) is 16.5 Å². The van der Waals surface area contributed by atoms with E-state index < -0.39 is 0 Å². The molecule has 0 saturated heterocycles. The van der Waals surface area contributed by atoms with Crippen molar-refractivity contribution in [3.05, 3.63) is 107 Å². The van der Waals surface area contributed by atoms with Gasteiger partial charge in [-0.25, -0.2) is 4.68 Å². The van der Waals surface area contributed by atoms with Gasteiger partial charge >= 0.3 is 0 Å². The molecule has 0 fully saturated rings. The molecular formula is C32H32N4O3. The highest BCUT2D eigenvalue weighted by Crippen LogP contribution is 2.33. The molecule has 0 aliphatic carbocycles. The molecular weight excluding hydrogens is 488 g/mol. The lowest BCUT2D eigenvalue weighted by Gasteiger charge is -2.29. The fourth-order valence-corrected chi connectivity index (χ4v) is 5.20. The Morgan fingerprint density at radius 2 is 1.59 bits per heavy atom. The van der Waals surface area contributed by atoms with Crippen LogP contribution in [0, 0.1) is 0 Å². The third-order valence-electron chi connectivity index (χ3n) is 7.38. The molecule has 1 aliphatic rings. The lowest BCUT2D eigenvalue weighted by Crippen LogP contribution is -2.32. The van der Waals surface area contributed by atoms with Gasteiger partial charge in [0.15, 0.2) is 11.5 Å². The number of rotatable bonds is 9. The maximum absolute atomic E-state index is 6.08. The standard InChI is InChI=1S/C32H32N4O3/c1-37-31-18-25-15-17-35(20-26(25)19-32(31)38-2)16-14-23-10-12-28(13-11-23)36-21-27(33-34-36)22-39-30-9-5-7-24-6-3-4-8-29(24)30/h3-13,18-19,21H,14-17,20,22H2,1-2H3. The summed E-state index contributed by atoms with van der Waals surface area (Å²) in [6.07, 6.45) is 3.94. The molecule has 0 spiro atoms. The summed E-state index contributed by atoms with van der Waals surface area (Å²) in [6, 6.07) is 27.1. The van der Waals surface area contributed by atoms with Crippen molar-refractivity contribution in [1.29, 1.82) is 0 Å². The predicted molar refractivity (Wildman–Crippen MR) is 152 cm³/mol. The number of hydrogen-bond acceptors (Lipinski definition) is 6. The van der Waals surface area contributed by atoms with Crippen molar-refractivity contribution >= 4 is 10.8 Å². The Morgan fingerprint density at radius 1 is 0.821 bits per heavy atom. The van der Waals surface area contributed by atoms with Gasteiger partial charge in [0.25, 0.3) is 0 Å². The summed E-state index contributed by atoms with van der Waals surface area (Å²) in [6.45, 7) is 3.34. The fraction of sp³-hybridized carbons (Fsp3) is 0.250. The topological polar surface area (TPSA) is 61.6 Å². The molecule has 39 heavy (non-hydrogen) atoms. The number of fused-ring (bicyclic) bond motifs is 2. The second kappa shape index (κ2) is 11.2. The highest BCUT2D eigenvalue weighted by atomic mass is 16.5. The molecule has 198 valence electrons. The van der Waals surface area contributed by atoms with Crippen LogP contribution >= 0.6 is 0 Å². The van der Waals surface area contributed by atoms with Gasteiger partial charge in [-0.2, -0.15) is 0 Å². The van der Waals surface area contributed by atoms with E-state index in [1.807, 2.05) is 30.5 Å². The molecule has 0 atom stereocenters. The number of ether oxygens (including phenoxy) is 3. The molecule has 0 unspecified atom stereocenters. The van der Waals surface area contributed by atoms with Crippen LogP contribution in [0.5, 0.6) is 17.2 Å². The zero-order chi connectivity index (χ0) is 26.6. The van der Waals surface area contributed by atoms with Crippen LogP contribution in [0.4, 0.5) is 0 Å². The molecule has 6 rings (SSSR count). The van der Waals surface area contributed by atoms with Crippen LogP contribution in [-0.4, -0.2) is 47.2 Å². The molecule has 7 heteroatoms. The number of benzene rings is 4. The van der Waals surface area contributed by atoms with E-state index in [-0.39, 0.29) is 0 Å². The Morgan fingerprint density at radius 3 is 2.41 bits per heavy atom. The molecule has 1 aliphatic heterocycles. The first-order chi connectivity index (χ1) is 19.2. The van der Waals surface area contributed by atoms with Crippen molar-refractivity contribution in [2.45, 2.75) is 26.0 Å². The van der Waals surface area contributed by atoms with Crippen molar-refractivity contribution in [1.82, 2.24) is 19.9 Å². The van der Waals surface area contributed by atoms with Crippen molar-refractivity contribution in [2.75, 3.05) is 27.3 Å². The summed E-state index contributed by atoms with van der Waals surface area (Å²) in [5.41, 5.74) is 5.74. The molecule has 2 heterocycles. The Bertz CT molecular complexity index is 1570. The molecule has 0 radical (unpaired) electrons. The van der Waals surface area contributed by atoms with E-state index in [0.717, 1.165) is 71.9 Å². The second-order valence-electron chi connectivity index (χ2n) is 9.84. The van der Waals surface area contributed by atoms with E-state index in [1.165, 1.54) is 16.7 Å². The van der Waals surface area contributed by atoms with E-state index >= 15 is 0 Å². The number of aromatic nitrogens is 3. The monoisotopic (exact) mass is 520 g/mol. The Labute approximate surface area is 228 Å². The Hall–Kier alpha value is -4.36. The molecule has 0 amide bonds. The highest BCUT2D eigenvalue weighted by molar-refractivity contribution is 5.88. The van der Waals surface area contributed by atoms with Crippen molar-refractivity contribution in [2.24, 2.45) is 0 Å². The van der Waals surface area contributed by atoms with E-state index in [1.54, 1.807) is 18.9 Å². The van der Waals surface area contributed by atoms with Gasteiger partial charge in [-0.3, -0.25) is 4.90 Å². The van der Waals surface area contributed by atoms with Gasteiger partial charge in [0.2, 0.25) is 0 Å². The third kappa shape index (κ3) is 5.45. The van der Waals surface area contributed by atoms with Crippen LogP contribution in [-0.2, 0) is 26.0 Å². The molecule has 7 nitrogen and oxygen atoms in total. The minimum atomic E-state index is 0.365. The van der Waals surface area contributed by atoms with Crippen molar-refractivity contribution in [3.63, 3.8) is 0 Å². The zero-order valence-electron chi connectivity index (χ0n) is 22.3. The van der Waals surface area contributed by atoms with E-state index in [0.29, 0.717) is 6.61 Å². The fourth-order valence-electron chi connectivity index (χ4n) is 5.20. The van der Waals surface area contributed by atoms with Crippen molar-refractivity contribution < 1.29 is 14.2 Å². The molecule has 0 saturated carbocycles. The number of nitrogens with zero attached hydrogens (tertiary/aromatic N) is 4. The number of hydrogen-bond donors (Lipinski definition) is 0. The summed E-state index contributed by atoms with van der Waals surface area (Å²) in [5, 5.41) is 10.9. The van der Waals surface area contributed by atoms with Gasteiger partial charge in [0.05, 0.1) is 26.1 Å². The van der Waals surface area contributed by atoms with Gasteiger partial charge in [0.1, 0.15) is 18.1 Å². The average Bonchev–Trinajstić information content (AvgIpc) is 3.47. The molecule has 4 aromatic carbocycles. The maximum Gasteiger partial charge on any atom is 0.161 e. The number of methoxy groups -OCH3 is 2. The first-order valence-electron chi connectivity index (χ1n) is 13.3. The van der Waals surface area contributed by atoms with Crippen LogP contribution in [0.15, 0.2) is 85.1 Å². The van der Waals surface area contributed by atoms with Crippen molar-refractivity contribution in [3.8, 4) is 22.9 Å². The van der Waals surface area contributed by atoms with Gasteiger partial charge < -0.3 is 14.2 Å². The van der Waals surface area contributed by atoms with Crippen LogP contribution in [0.3, 0.4) is 0 Å². The summed E-state index contributed by atoms with van der Waals surface area (Å²) in [5.74, 6) is 2.45. The quantitative estimate of drug-likeness (QED) is 0.252. The largest absolute Gasteiger partial charge is 0.493 e. The summed E-state index contributed by atoms with van der Waals surface area (Å²) in [7, 11) is 3.38. The van der Waals surface area contributed by atoms with Crippen LogP contribution in [0.1, 0.15) is 22.4 Å². The smallest absolute Gasteiger partial charge is 0.161 e. The SMILES string of the molecule is COc1cc2c(cc1OC)CN(CCc1ccc(-n3cc(COc4cccc5ccccc45)nn3)cc1)CC2. The van der Waals surface area contributed by atoms with E-state index in [2.05, 4.69) is 69.8 Å². The molecule has 0 bridgehead atoms. The van der Waals surface area contributed by atoms with Gasteiger partial charge in [-0.1, -0.05) is 53.7 Å². The predicted octanol–water partition coefficient (Wildman–Crippen LogP) is 5.62. The van der Waals surface area contributed by atoms with Gasteiger partial charge in [-0.05, 0) is 65.3 Å². The Balaban J connectivity index is 1.04. The molecule has 5 aromatic rings. The van der Waals surface area contributed by atoms with Gasteiger partial charge in [-0.15, -0.1) is 5.10 Å². The van der Waals surface area contributed by atoms with E-state index in [4.69, 9.17) is 14.2 Å². The normalized spacial score (nSPS) is 13.3. The lowest BCUT2D eigenvalue weighted by molar-refractivity contribution is 0.255. The average molecular weight is 521 g/mol. The summed E-state index contributed by atoms with van der Waals surface area (Å²) in [4.78, 5) is 2.50. The maximum atomic E-state index is 6.08. The third-order valence-corrected chi connectivity index (χ3v) is 7.38. The second-order valence-corrected chi connectivity index (χ2v) is 9.84. The van der Waals surface area contributed by atoms with Crippen LogP contribution < -0.4 is 14.2 Å². The first kappa shape index (κ1) is 24.9. The minimum Gasteiger partial charge on any atom is -0.493 e. The zero-order valence-corrected chi connectivity index (χ0v) is 22.3. The van der Waals surface area contributed by atoms with Gasteiger partial charge in [0, 0.05) is 25.0 Å². The molecule has 1 aromatic heterocycles. The molecule has 0 N–H and O–H groups in total. The van der Waals surface area contributed by atoms with Crippen LogP contribution in [0.2, 0.25) is 0 Å². The first-order valence-corrected chi connectivity index (χ1v) is 13.3. The summed E-state index contributed by atoms with van der Waals surface area (Å²) >= 11 is 0.